The third kappa shape index (κ3) is 5.27. The maximum atomic E-state index is 13.2. The molecule has 4 amide bonds. The molecule has 0 N–H and O–H groups in total. The van der Waals surface area contributed by atoms with E-state index in [1.54, 1.807) is 36.4 Å². The van der Waals surface area contributed by atoms with Gasteiger partial charge < -0.3 is 4.90 Å². The van der Waals surface area contributed by atoms with Gasteiger partial charge in [-0.2, -0.15) is 0 Å². The summed E-state index contributed by atoms with van der Waals surface area (Å²) >= 11 is 0. The molecule has 0 spiro atoms. The second-order valence-corrected chi connectivity index (χ2v) is 13.2. The highest BCUT2D eigenvalue weighted by molar-refractivity contribution is 7.88. The Labute approximate surface area is 255 Å². The summed E-state index contributed by atoms with van der Waals surface area (Å²) in [6.45, 7) is 1.20. The van der Waals surface area contributed by atoms with E-state index in [0.717, 1.165) is 21.9 Å². The average molecular weight is 613 g/mol. The van der Waals surface area contributed by atoms with Crippen LogP contribution in [0.2, 0.25) is 0 Å². The van der Waals surface area contributed by atoms with Crippen molar-refractivity contribution in [1.82, 2.24) is 19.0 Å². The van der Waals surface area contributed by atoms with Gasteiger partial charge in [0.15, 0.2) is 0 Å². The highest BCUT2D eigenvalue weighted by Gasteiger charge is 2.34. The monoisotopic (exact) mass is 612 g/mol. The summed E-state index contributed by atoms with van der Waals surface area (Å²) in [7, 11) is -1.77. The van der Waals surface area contributed by atoms with E-state index in [1.165, 1.54) is 9.21 Å². The lowest BCUT2D eigenvalue weighted by molar-refractivity contribution is 0.0587. The summed E-state index contributed by atoms with van der Waals surface area (Å²) in [5.74, 6) is -1.52. The Morgan fingerprint density at radius 2 is 0.955 bits per heavy atom. The number of benzene rings is 4. The largest absolute Gasteiger partial charge is 0.305 e. The third-order valence-electron chi connectivity index (χ3n) is 8.41. The fourth-order valence-corrected chi connectivity index (χ4v) is 7.00. The predicted octanol–water partition coefficient (Wildman–Crippen LogP) is 3.47. The van der Waals surface area contributed by atoms with Gasteiger partial charge in [-0.15, -0.1) is 0 Å². The molecule has 0 bridgehead atoms. The minimum atomic E-state index is -3.62. The van der Waals surface area contributed by atoms with Crippen molar-refractivity contribution in [2.24, 2.45) is 0 Å². The van der Waals surface area contributed by atoms with Gasteiger partial charge in [0.25, 0.3) is 23.6 Å². The van der Waals surface area contributed by atoms with E-state index in [9.17, 15) is 27.6 Å². The summed E-state index contributed by atoms with van der Waals surface area (Å²) in [4.78, 5) is 57.1. The molecule has 0 aliphatic carbocycles. The molecule has 44 heavy (non-hydrogen) atoms. The summed E-state index contributed by atoms with van der Waals surface area (Å²) in [5, 5.41) is 2.97. The Morgan fingerprint density at radius 1 is 0.568 bits per heavy atom. The highest BCUT2D eigenvalue weighted by Crippen LogP contribution is 2.31. The Morgan fingerprint density at radius 3 is 1.34 bits per heavy atom. The van der Waals surface area contributed by atoms with Crippen LogP contribution in [-0.4, -0.2) is 104 Å². The van der Waals surface area contributed by atoms with Gasteiger partial charge in [0, 0.05) is 65.8 Å². The van der Waals surface area contributed by atoms with Crippen LogP contribution in [0.5, 0.6) is 0 Å². The number of hydrogen-bond donors (Lipinski definition) is 0. The van der Waals surface area contributed by atoms with Crippen LogP contribution in [0.25, 0.3) is 21.5 Å². The Hall–Kier alpha value is -4.45. The predicted molar refractivity (Wildman–Crippen MR) is 167 cm³/mol. The molecule has 226 valence electrons. The van der Waals surface area contributed by atoms with Crippen LogP contribution >= 0.6 is 0 Å². The first-order valence-corrected chi connectivity index (χ1v) is 16.3. The summed E-state index contributed by atoms with van der Waals surface area (Å²) in [6.07, 6.45) is 1.58. The van der Waals surface area contributed by atoms with E-state index in [2.05, 4.69) is 0 Å². The summed E-state index contributed by atoms with van der Waals surface area (Å²) in [5.41, 5.74) is 1.87. The van der Waals surface area contributed by atoms with E-state index in [0.29, 0.717) is 52.5 Å². The van der Waals surface area contributed by atoms with Crippen molar-refractivity contribution < 1.29 is 27.6 Å². The number of carbonyl (C=O) groups is 4. The topological polar surface area (TPSA) is 115 Å². The molecule has 0 radical (unpaired) electrons. The number of amides is 4. The molecule has 6 rings (SSSR count). The van der Waals surface area contributed by atoms with Crippen molar-refractivity contribution in [2.45, 2.75) is 6.42 Å². The Bertz CT molecular complexity index is 1860. The van der Waals surface area contributed by atoms with Crippen molar-refractivity contribution in [3.8, 4) is 0 Å². The zero-order valence-corrected chi connectivity index (χ0v) is 25.3. The Kier molecular flexibility index (Phi) is 7.79. The van der Waals surface area contributed by atoms with E-state index >= 15 is 0 Å². The number of imide groups is 2. The molecule has 0 fully saturated rings. The van der Waals surface area contributed by atoms with Crippen molar-refractivity contribution in [2.75, 3.05) is 52.6 Å². The normalized spacial score (nSPS) is 15.0. The van der Waals surface area contributed by atoms with Gasteiger partial charge in [-0.25, -0.2) is 12.7 Å². The molecule has 0 aromatic heterocycles. The molecule has 0 atom stereocenters. The van der Waals surface area contributed by atoms with Crippen LogP contribution in [0.1, 0.15) is 47.9 Å². The molecule has 11 heteroatoms. The molecule has 0 saturated carbocycles. The minimum Gasteiger partial charge on any atom is -0.305 e. The van der Waals surface area contributed by atoms with Crippen LogP contribution in [-0.2, 0) is 10.0 Å². The molecule has 0 unspecified atom stereocenters. The van der Waals surface area contributed by atoms with Crippen molar-refractivity contribution in [3.63, 3.8) is 0 Å². The number of sulfonamides is 1. The lowest BCUT2D eigenvalue weighted by Crippen LogP contribution is -2.46. The standard InChI is InChI=1S/C33H32N4O6S/c1-34(18-20-36-30(38)24-12-3-8-22-9-4-13-25(28(22)24)31(36)39)16-7-17-35(44(2,42)43)19-21-37-32(40)26-14-5-10-23-11-6-15-27(29(23)26)33(37)41/h3-6,8-15H,7,16-21H2,1-2H3. The van der Waals surface area contributed by atoms with E-state index in [1.807, 2.05) is 48.3 Å². The van der Waals surface area contributed by atoms with Crippen LogP contribution in [0, 0.1) is 0 Å². The fourth-order valence-electron chi connectivity index (χ4n) is 6.12. The van der Waals surface area contributed by atoms with Crippen molar-refractivity contribution >= 4 is 55.2 Å². The van der Waals surface area contributed by atoms with E-state index < -0.39 is 21.8 Å². The molecular weight excluding hydrogens is 580 g/mol. The molecule has 2 heterocycles. The molecule has 0 saturated heterocycles. The Balaban J connectivity index is 1.05. The quantitative estimate of drug-likeness (QED) is 0.238. The lowest BCUT2D eigenvalue weighted by Gasteiger charge is -2.30. The number of carbonyl (C=O) groups excluding carboxylic acids is 4. The number of rotatable bonds is 11. The van der Waals surface area contributed by atoms with Gasteiger partial charge in [-0.3, -0.25) is 29.0 Å². The highest BCUT2D eigenvalue weighted by atomic mass is 32.2. The zero-order valence-electron chi connectivity index (χ0n) is 24.5. The maximum Gasteiger partial charge on any atom is 0.261 e. The molecule has 4 aromatic carbocycles. The molecule has 2 aliphatic rings. The average Bonchev–Trinajstić information content (AvgIpc) is 3.00. The van der Waals surface area contributed by atoms with E-state index in [4.69, 9.17) is 0 Å². The zero-order chi connectivity index (χ0) is 31.2. The number of hydrogen-bond acceptors (Lipinski definition) is 7. The first-order valence-electron chi connectivity index (χ1n) is 14.5. The SMILES string of the molecule is CN(CCCN(CCN1C(=O)c2cccc3cccc(c23)C1=O)S(C)(=O)=O)CCN1C(=O)c2cccc3cccc(c23)C1=O. The first-order chi connectivity index (χ1) is 21.1. The van der Waals surface area contributed by atoms with Crippen LogP contribution in [0.3, 0.4) is 0 Å². The molecule has 10 nitrogen and oxygen atoms in total. The summed E-state index contributed by atoms with van der Waals surface area (Å²) in [6, 6.07) is 21.5. The second kappa shape index (κ2) is 11.6. The van der Waals surface area contributed by atoms with Gasteiger partial charge in [0.05, 0.1) is 6.26 Å². The van der Waals surface area contributed by atoms with Gasteiger partial charge >= 0.3 is 0 Å². The minimum absolute atomic E-state index is 0.0279. The molecular formula is C33H32N4O6S. The molecule has 2 aliphatic heterocycles. The second-order valence-electron chi connectivity index (χ2n) is 11.3. The van der Waals surface area contributed by atoms with Crippen LogP contribution in [0.15, 0.2) is 72.8 Å². The number of likely N-dealkylation sites (N-methyl/N-ethyl adjacent to an activating group) is 1. The van der Waals surface area contributed by atoms with Gasteiger partial charge in [0.1, 0.15) is 0 Å². The lowest BCUT2D eigenvalue weighted by atomic mass is 9.94. The van der Waals surface area contributed by atoms with Gasteiger partial charge in [0.2, 0.25) is 10.0 Å². The van der Waals surface area contributed by atoms with Gasteiger partial charge in [-0.1, -0.05) is 48.5 Å². The van der Waals surface area contributed by atoms with Crippen LogP contribution in [0.4, 0.5) is 0 Å². The fraction of sp³-hybridized carbons (Fsp3) is 0.273. The van der Waals surface area contributed by atoms with Gasteiger partial charge in [-0.05, 0) is 55.1 Å². The third-order valence-corrected chi connectivity index (χ3v) is 9.71. The number of nitrogens with zero attached hydrogens (tertiary/aromatic N) is 4. The van der Waals surface area contributed by atoms with Crippen LogP contribution < -0.4 is 0 Å². The maximum absolute atomic E-state index is 13.2. The first kappa shape index (κ1) is 29.6. The van der Waals surface area contributed by atoms with E-state index in [-0.39, 0.29) is 38.0 Å². The summed E-state index contributed by atoms with van der Waals surface area (Å²) < 4.78 is 26.5. The molecule has 4 aromatic rings. The smallest absolute Gasteiger partial charge is 0.261 e. The van der Waals surface area contributed by atoms with Crippen molar-refractivity contribution in [3.05, 3.63) is 95.1 Å². The van der Waals surface area contributed by atoms with Crippen molar-refractivity contribution in [1.29, 1.82) is 0 Å².